The minimum absolute atomic E-state index is 0.0919. The van der Waals surface area contributed by atoms with Crippen LogP contribution < -0.4 is 0 Å². The molecule has 0 aliphatic carbocycles. The third kappa shape index (κ3) is 10.7. The van der Waals surface area contributed by atoms with Crippen molar-refractivity contribution in [3.8, 4) is 0 Å². The van der Waals surface area contributed by atoms with Gasteiger partial charge in [-0.3, -0.25) is 4.79 Å². The average Bonchev–Trinajstić information content (AvgIpc) is 2.28. The second-order valence-electron chi connectivity index (χ2n) is 6.70. The molecule has 24 heavy (non-hydrogen) atoms. The van der Waals surface area contributed by atoms with Gasteiger partial charge < -0.3 is 4.74 Å². The van der Waals surface area contributed by atoms with Crippen LogP contribution >= 0.6 is 24.7 Å². The number of rotatable bonds is 10. The Bertz CT molecular complexity index is 457. The van der Waals surface area contributed by atoms with Gasteiger partial charge in [0, 0.05) is 9.13 Å². The van der Waals surface area contributed by atoms with Crippen LogP contribution in [-0.2, 0) is 31.8 Å². The molecule has 0 aromatic heterocycles. The van der Waals surface area contributed by atoms with E-state index in [1.165, 1.54) is 0 Å². The van der Waals surface area contributed by atoms with Gasteiger partial charge in [0.05, 0.1) is 5.41 Å². The molecular formula is C11H24O10P3+3. The van der Waals surface area contributed by atoms with Crippen LogP contribution in [0.2, 0.25) is 0 Å². The van der Waals surface area contributed by atoms with Crippen molar-refractivity contribution in [1.29, 1.82) is 0 Å². The highest BCUT2D eigenvalue weighted by Gasteiger charge is 2.64. The molecule has 0 saturated heterocycles. The van der Waals surface area contributed by atoms with Crippen LogP contribution in [0.25, 0.3) is 0 Å². The van der Waals surface area contributed by atoms with Crippen molar-refractivity contribution in [2.45, 2.75) is 41.0 Å². The Morgan fingerprint density at radius 3 is 1.83 bits per heavy atom. The molecule has 0 saturated carbocycles. The van der Waals surface area contributed by atoms with Crippen molar-refractivity contribution in [3.63, 3.8) is 0 Å². The number of carbonyl (C=O) groups is 1. The molecule has 140 valence electrons. The van der Waals surface area contributed by atoms with Gasteiger partial charge in [-0.25, -0.2) is 0 Å². The van der Waals surface area contributed by atoms with Crippen molar-refractivity contribution >= 4 is 30.6 Å². The molecule has 0 aromatic rings. The Labute approximate surface area is 143 Å². The van der Waals surface area contributed by atoms with E-state index in [2.05, 4.69) is 13.1 Å². The van der Waals surface area contributed by atoms with Crippen molar-refractivity contribution in [2.24, 2.45) is 10.8 Å². The van der Waals surface area contributed by atoms with Gasteiger partial charge in [0.1, 0.15) is 21.8 Å². The summed E-state index contributed by atoms with van der Waals surface area (Å²) < 4.78 is 39.0. The van der Waals surface area contributed by atoms with E-state index in [-0.39, 0.29) is 12.0 Å². The second-order valence-corrected chi connectivity index (χ2v) is 10.2. The smallest absolute Gasteiger partial charge is 0.463 e. The lowest BCUT2D eigenvalue weighted by molar-refractivity contribution is -0.156. The summed E-state index contributed by atoms with van der Waals surface area (Å²) in [6, 6.07) is 0. The van der Waals surface area contributed by atoms with Crippen molar-refractivity contribution < 1.29 is 46.5 Å². The van der Waals surface area contributed by atoms with Crippen LogP contribution in [0.15, 0.2) is 0 Å². The van der Waals surface area contributed by atoms with Gasteiger partial charge in [-0.1, -0.05) is 20.8 Å². The Hall–Kier alpha value is -0.140. The lowest BCUT2D eigenvalue weighted by Crippen LogP contribution is -2.32. The summed E-state index contributed by atoms with van der Waals surface area (Å²) >= 11 is 0. The first-order chi connectivity index (χ1) is 10.7. The van der Waals surface area contributed by atoms with E-state index in [4.69, 9.17) is 14.5 Å². The predicted molar refractivity (Wildman–Crippen MR) is 85.7 cm³/mol. The third-order valence-corrected chi connectivity index (χ3v) is 5.72. The largest absolute Gasteiger partial charge is 0.740 e. The lowest BCUT2D eigenvalue weighted by atomic mass is 9.76. The highest BCUT2D eigenvalue weighted by Crippen LogP contribution is 2.67. The minimum atomic E-state index is -4.47. The molecule has 0 spiro atoms. The normalized spacial score (nSPS) is 16.3. The number of hydrogen-bond donors (Lipinski definition) is 3. The van der Waals surface area contributed by atoms with Crippen LogP contribution in [0.4, 0.5) is 0 Å². The van der Waals surface area contributed by atoms with Crippen LogP contribution in [-0.4, -0.2) is 33.9 Å². The number of esters is 1. The zero-order valence-electron chi connectivity index (χ0n) is 14.2. The first kappa shape index (κ1) is 23.9. The molecular weight excluding hydrogens is 385 g/mol. The maximum Gasteiger partial charge on any atom is 0.740 e. The van der Waals surface area contributed by atoms with Crippen LogP contribution in [0.5, 0.6) is 0 Å². The molecule has 3 N–H and O–H groups in total. The quantitative estimate of drug-likeness (QED) is 0.279. The molecule has 0 aliphatic heterocycles. The summed E-state index contributed by atoms with van der Waals surface area (Å²) in [6.45, 7) is 8.62. The van der Waals surface area contributed by atoms with Crippen LogP contribution in [0.3, 0.4) is 0 Å². The van der Waals surface area contributed by atoms with E-state index in [1.807, 2.05) is 20.8 Å². The van der Waals surface area contributed by atoms with E-state index in [0.29, 0.717) is 6.42 Å². The van der Waals surface area contributed by atoms with Gasteiger partial charge in [-0.15, -0.1) is 14.3 Å². The fourth-order valence-electron chi connectivity index (χ4n) is 2.12. The van der Waals surface area contributed by atoms with Crippen molar-refractivity contribution in [1.82, 2.24) is 0 Å². The van der Waals surface area contributed by atoms with Crippen LogP contribution in [0, 0.1) is 10.8 Å². The monoisotopic (exact) mass is 409 g/mol. The maximum absolute atomic E-state index is 12.1. The first-order valence-electron chi connectivity index (χ1n) is 6.82. The Balaban J connectivity index is 4.50. The van der Waals surface area contributed by atoms with Crippen molar-refractivity contribution in [2.75, 3.05) is 13.2 Å². The standard InChI is InChI=1S/C11H22O10P3/c1-10(2,3)8-11(4,5)9(12)18-6-7-19-24(17,20-22(13)14)21-23(15)16/h17H,6-8H2,1-5H3/q+1/p+2. The molecule has 0 heterocycles. The fraction of sp³-hybridized carbons (Fsp3) is 0.909. The van der Waals surface area contributed by atoms with E-state index >= 15 is 0 Å². The molecule has 2 atom stereocenters. The first-order valence-corrected chi connectivity index (χ1v) is 10.6. The predicted octanol–water partition coefficient (Wildman–Crippen LogP) is 3.01. The van der Waals surface area contributed by atoms with E-state index in [0.717, 1.165) is 0 Å². The van der Waals surface area contributed by atoms with Crippen molar-refractivity contribution in [3.05, 3.63) is 0 Å². The van der Waals surface area contributed by atoms with E-state index in [9.17, 15) is 18.8 Å². The zero-order chi connectivity index (χ0) is 19.2. The molecule has 0 aliphatic rings. The van der Waals surface area contributed by atoms with Gasteiger partial charge in [-0.2, -0.15) is 4.89 Å². The minimum Gasteiger partial charge on any atom is -0.463 e. The lowest BCUT2D eigenvalue weighted by Gasteiger charge is -2.30. The second kappa shape index (κ2) is 9.53. The Kier molecular flexibility index (Phi) is 9.47. The Morgan fingerprint density at radius 2 is 1.46 bits per heavy atom. The van der Waals surface area contributed by atoms with Gasteiger partial charge in [0.2, 0.25) is 0 Å². The third-order valence-electron chi connectivity index (χ3n) is 2.44. The number of ether oxygens (including phenoxy) is 1. The van der Waals surface area contributed by atoms with Crippen LogP contribution in [0.1, 0.15) is 41.0 Å². The highest BCUT2D eigenvalue weighted by molar-refractivity contribution is 7.66. The summed E-state index contributed by atoms with van der Waals surface area (Å²) in [6.07, 6.45) is 0.568. The summed E-state index contributed by atoms with van der Waals surface area (Å²) in [5, 5.41) is 0. The molecule has 13 heteroatoms. The summed E-state index contributed by atoms with van der Waals surface area (Å²) in [4.78, 5) is 38.9. The number of hydrogen-bond acceptors (Lipinski definition) is 8. The molecule has 2 unspecified atom stereocenters. The molecule has 0 amide bonds. The molecule has 0 radical (unpaired) electrons. The molecule has 0 aromatic carbocycles. The molecule has 0 rings (SSSR count). The molecule has 10 nitrogen and oxygen atoms in total. The summed E-state index contributed by atoms with van der Waals surface area (Å²) in [5.74, 6) is -0.494. The summed E-state index contributed by atoms with van der Waals surface area (Å²) in [5.41, 5.74) is -0.842. The van der Waals surface area contributed by atoms with Gasteiger partial charge in [0.15, 0.2) is 0 Å². The van der Waals surface area contributed by atoms with E-state index < -0.39 is 42.7 Å². The zero-order valence-corrected chi connectivity index (χ0v) is 16.8. The van der Waals surface area contributed by atoms with E-state index in [1.54, 1.807) is 13.8 Å². The van der Waals surface area contributed by atoms with Gasteiger partial charge in [-0.05, 0) is 25.7 Å². The SMILES string of the molecule is CC(C)(C)CC(C)(C)C(=O)OCCO[P+](O)(O[P+](=O)O)O[P+](=O)O. The number of carbonyl (C=O) groups excluding carboxylic acids is 1. The maximum atomic E-state index is 12.1. The Morgan fingerprint density at radius 1 is 1.00 bits per heavy atom. The highest BCUT2D eigenvalue weighted by atomic mass is 31.3. The van der Waals surface area contributed by atoms with Gasteiger partial charge >= 0.3 is 30.6 Å². The average molecular weight is 409 g/mol. The summed E-state index contributed by atoms with van der Waals surface area (Å²) in [7, 11) is -11.1. The fourth-order valence-corrected chi connectivity index (χ4v) is 4.60. The topological polar surface area (TPSA) is 149 Å². The molecule has 0 fully saturated rings. The molecule has 0 bridgehead atoms. The van der Waals surface area contributed by atoms with Gasteiger partial charge in [0.25, 0.3) is 0 Å².